The molecular weight excluding hydrogens is 248 g/mol. The molecule has 3 nitrogen and oxygen atoms in total. The van der Waals surface area contributed by atoms with Crippen molar-refractivity contribution in [3.8, 4) is 0 Å². The summed E-state index contributed by atoms with van der Waals surface area (Å²) in [6, 6.07) is 8.74. The fraction of sp³-hybridized carbons (Fsp3) is 0.647. The van der Waals surface area contributed by atoms with Gasteiger partial charge in [-0.2, -0.15) is 0 Å². The second kappa shape index (κ2) is 6.59. The maximum absolute atomic E-state index is 6.21. The highest BCUT2D eigenvalue weighted by atomic mass is 16.5. The third-order valence-corrected chi connectivity index (χ3v) is 4.57. The van der Waals surface area contributed by atoms with Crippen molar-refractivity contribution in [2.75, 3.05) is 24.6 Å². The molecule has 1 aromatic rings. The minimum atomic E-state index is 0.0431. The number of nitrogens with zero attached hydrogens (tertiary/aromatic N) is 1. The van der Waals surface area contributed by atoms with Gasteiger partial charge in [-0.1, -0.05) is 19.1 Å². The molecule has 2 N–H and O–H groups in total. The molecule has 1 aromatic carbocycles. The van der Waals surface area contributed by atoms with Gasteiger partial charge in [-0.25, -0.2) is 0 Å². The van der Waals surface area contributed by atoms with Gasteiger partial charge in [0.25, 0.3) is 0 Å². The standard InChI is InChI=1S/C17H28N2O/c1-4-16-12-17(13-18,9-10-20-16)19(5-2)15-8-6-7-14(3)11-15/h6-8,11,16H,4-5,9-10,12-13,18H2,1-3H3. The van der Waals surface area contributed by atoms with Crippen LogP contribution in [-0.2, 0) is 4.74 Å². The summed E-state index contributed by atoms with van der Waals surface area (Å²) in [5, 5.41) is 0. The van der Waals surface area contributed by atoms with Gasteiger partial charge in [0.2, 0.25) is 0 Å². The molecule has 1 saturated heterocycles. The quantitative estimate of drug-likeness (QED) is 0.898. The first-order valence-corrected chi connectivity index (χ1v) is 7.81. The summed E-state index contributed by atoms with van der Waals surface area (Å²) in [5.74, 6) is 0. The first-order valence-electron chi connectivity index (χ1n) is 7.81. The summed E-state index contributed by atoms with van der Waals surface area (Å²) in [6.07, 6.45) is 3.45. The number of hydrogen-bond acceptors (Lipinski definition) is 3. The van der Waals surface area contributed by atoms with Crippen molar-refractivity contribution in [2.24, 2.45) is 5.73 Å². The third-order valence-electron chi connectivity index (χ3n) is 4.57. The average molecular weight is 276 g/mol. The van der Waals surface area contributed by atoms with Crippen molar-refractivity contribution in [2.45, 2.75) is 51.7 Å². The number of likely N-dealkylation sites (N-methyl/N-ethyl adjacent to an activating group) is 1. The highest BCUT2D eigenvalue weighted by Gasteiger charge is 2.40. The maximum atomic E-state index is 6.21. The van der Waals surface area contributed by atoms with Crippen molar-refractivity contribution >= 4 is 5.69 Å². The largest absolute Gasteiger partial charge is 0.378 e. The lowest BCUT2D eigenvalue weighted by Crippen LogP contribution is -2.59. The summed E-state index contributed by atoms with van der Waals surface area (Å²) in [4.78, 5) is 2.49. The molecule has 1 fully saturated rings. The van der Waals surface area contributed by atoms with Gasteiger partial charge in [-0.05, 0) is 50.8 Å². The highest BCUT2D eigenvalue weighted by molar-refractivity contribution is 5.51. The zero-order valence-corrected chi connectivity index (χ0v) is 13.1. The molecule has 0 aliphatic carbocycles. The van der Waals surface area contributed by atoms with Crippen LogP contribution in [0.1, 0.15) is 38.7 Å². The molecule has 0 spiro atoms. The molecule has 0 radical (unpaired) electrons. The summed E-state index contributed by atoms with van der Waals surface area (Å²) in [6.45, 7) is 9.05. The fourth-order valence-electron chi connectivity index (χ4n) is 3.39. The second-order valence-electron chi connectivity index (χ2n) is 5.87. The molecule has 3 heteroatoms. The Bertz CT molecular complexity index is 435. The molecule has 112 valence electrons. The van der Waals surface area contributed by atoms with Gasteiger partial charge in [0.05, 0.1) is 11.6 Å². The Hall–Kier alpha value is -1.06. The summed E-state index contributed by atoms with van der Waals surface area (Å²) in [7, 11) is 0. The predicted octanol–water partition coefficient (Wildman–Crippen LogP) is 3.11. The molecule has 0 amide bonds. The highest BCUT2D eigenvalue weighted by Crippen LogP contribution is 2.35. The molecular formula is C17H28N2O. The second-order valence-corrected chi connectivity index (χ2v) is 5.87. The molecule has 2 rings (SSSR count). The predicted molar refractivity (Wildman–Crippen MR) is 85.2 cm³/mol. The summed E-state index contributed by atoms with van der Waals surface area (Å²) >= 11 is 0. The Morgan fingerprint density at radius 1 is 1.40 bits per heavy atom. The van der Waals surface area contributed by atoms with Gasteiger partial charge in [0, 0.05) is 25.4 Å². The maximum Gasteiger partial charge on any atom is 0.0595 e. The topological polar surface area (TPSA) is 38.5 Å². The number of rotatable bonds is 5. The monoisotopic (exact) mass is 276 g/mol. The van der Waals surface area contributed by atoms with E-state index in [-0.39, 0.29) is 5.54 Å². The molecule has 20 heavy (non-hydrogen) atoms. The molecule has 2 atom stereocenters. The van der Waals surface area contributed by atoms with Crippen LogP contribution in [0.2, 0.25) is 0 Å². The third kappa shape index (κ3) is 2.99. The van der Waals surface area contributed by atoms with Crippen molar-refractivity contribution in [1.29, 1.82) is 0 Å². The minimum Gasteiger partial charge on any atom is -0.378 e. The van der Waals surface area contributed by atoms with E-state index in [1.54, 1.807) is 0 Å². The zero-order valence-electron chi connectivity index (χ0n) is 13.1. The van der Waals surface area contributed by atoms with Crippen molar-refractivity contribution in [3.63, 3.8) is 0 Å². The molecule has 2 unspecified atom stereocenters. The van der Waals surface area contributed by atoms with Crippen LogP contribution in [-0.4, -0.2) is 31.3 Å². The first-order chi connectivity index (χ1) is 9.65. The molecule has 0 bridgehead atoms. The number of benzene rings is 1. The fourth-order valence-corrected chi connectivity index (χ4v) is 3.39. The summed E-state index contributed by atoms with van der Waals surface area (Å²) in [5.41, 5.74) is 8.84. The van der Waals surface area contributed by atoms with Crippen LogP contribution >= 0.6 is 0 Å². The van der Waals surface area contributed by atoms with E-state index in [9.17, 15) is 0 Å². The van der Waals surface area contributed by atoms with Crippen LogP contribution in [0, 0.1) is 6.92 Å². The molecule has 1 aliphatic heterocycles. The van der Waals surface area contributed by atoms with Crippen LogP contribution in [0.4, 0.5) is 5.69 Å². The van der Waals surface area contributed by atoms with E-state index in [1.807, 2.05) is 0 Å². The van der Waals surface area contributed by atoms with Gasteiger partial charge in [-0.15, -0.1) is 0 Å². The van der Waals surface area contributed by atoms with E-state index < -0.39 is 0 Å². The van der Waals surface area contributed by atoms with Gasteiger partial charge in [-0.3, -0.25) is 0 Å². The van der Waals surface area contributed by atoms with Gasteiger partial charge in [0.15, 0.2) is 0 Å². The van der Waals surface area contributed by atoms with Crippen LogP contribution in [0.25, 0.3) is 0 Å². The summed E-state index contributed by atoms with van der Waals surface area (Å²) < 4.78 is 5.86. The van der Waals surface area contributed by atoms with Crippen LogP contribution in [0.15, 0.2) is 24.3 Å². The Labute approximate surface area is 123 Å². The minimum absolute atomic E-state index is 0.0431. The van der Waals surface area contributed by atoms with Crippen LogP contribution in [0.5, 0.6) is 0 Å². The number of aryl methyl sites for hydroxylation is 1. The van der Waals surface area contributed by atoms with Crippen molar-refractivity contribution in [3.05, 3.63) is 29.8 Å². The number of nitrogens with two attached hydrogens (primary N) is 1. The Kier molecular flexibility index (Phi) is 5.06. The van der Waals surface area contributed by atoms with Gasteiger partial charge < -0.3 is 15.4 Å². The van der Waals surface area contributed by atoms with E-state index >= 15 is 0 Å². The lowest BCUT2D eigenvalue weighted by molar-refractivity contribution is -0.0197. The van der Waals surface area contributed by atoms with Crippen molar-refractivity contribution < 1.29 is 4.74 Å². The van der Waals surface area contributed by atoms with E-state index in [1.165, 1.54) is 11.3 Å². The van der Waals surface area contributed by atoms with Crippen molar-refractivity contribution in [1.82, 2.24) is 0 Å². The lowest BCUT2D eigenvalue weighted by atomic mass is 9.83. The van der Waals surface area contributed by atoms with E-state index in [2.05, 4.69) is 49.9 Å². The molecule has 1 aliphatic rings. The normalized spacial score (nSPS) is 26.5. The Morgan fingerprint density at radius 3 is 2.80 bits per heavy atom. The van der Waals surface area contributed by atoms with Gasteiger partial charge >= 0.3 is 0 Å². The lowest BCUT2D eigenvalue weighted by Gasteiger charge is -2.49. The van der Waals surface area contributed by atoms with Crippen LogP contribution in [0.3, 0.4) is 0 Å². The number of ether oxygens (including phenoxy) is 1. The van der Waals surface area contributed by atoms with Gasteiger partial charge in [0.1, 0.15) is 0 Å². The molecule has 0 aromatic heterocycles. The smallest absolute Gasteiger partial charge is 0.0595 e. The molecule has 1 heterocycles. The first kappa shape index (κ1) is 15.3. The molecule has 0 saturated carbocycles. The number of hydrogen-bond donors (Lipinski definition) is 1. The van der Waals surface area contributed by atoms with E-state index in [4.69, 9.17) is 10.5 Å². The SMILES string of the molecule is CCC1CC(CN)(N(CC)c2cccc(C)c2)CCO1. The van der Waals surface area contributed by atoms with Crippen LogP contribution < -0.4 is 10.6 Å². The van der Waals surface area contributed by atoms with E-state index in [0.717, 1.165) is 32.4 Å². The van der Waals surface area contributed by atoms with E-state index in [0.29, 0.717) is 12.6 Å². The number of anilines is 1. The Balaban J connectivity index is 2.31. The zero-order chi connectivity index (χ0) is 14.6. The average Bonchev–Trinajstić information content (AvgIpc) is 2.48. The Morgan fingerprint density at radius 2 is 2.20 bits per heavy atom.